The molecule has 9 amide bonds. The van der Waals surface area contributed by atoms with Crippen LogP contribution in [0.5, 0.6) is 5.75 Å². The number of aromatic hydroxyl groups is 1. The van der Waals surface area contributed by atoms with Gasteiger partial charge in [-0.2, -0.15) is 0 Å². The molecule has 0 unspecified atom stereocenters. The molecule has 0 spiro atoms. The van der Waals surface area contributed by atoms with Crippen LogP contribution in [0.1, 0.15) is 80.2 Å². The summed E-state index contributed by atoms with van der Waals surface area (Å²) in [5, 5.41) is 57.7. The van der Waals surface area contributed by atoms with Crippen LogP contribution >= 0.6 is 0 Å². The van der Waals surface area contributed by atoms with E-state index in [0.717, 1.165) is 21.9 Å². The number of carboxylic acid groups (broad SMARTS) is 1. The SMILES string of the molecule is CC(=O)N[C@@H](Cc1ccc2ccccc2c1)C(=O)N[C@@H](Cc1ccccc1)C(=O)N[C@@H](Cc1ccccc1)C(=O)N[C@@H](CO)C(=O)N[C@@H](Cc1ccc(O)cc1)C(=O)N[C@@H](CCCN=C(N)N)C(=O)N[C@H](CN[C@@H](CCCN=C(N)N)C(=O)N1CCC[C@@H]1C(=O)N[C@@H](C)C(=O)O)Cc1ccccc1. The molecular weight excluding hydrogens is 1320 g/mol. The number of phenols is 1. The molecule has 1 fully saturated rings. The number of carbonyl (C=O) groups excluding carboxylic acids is 9. The third-order valence-electron chi connectivity index (χ3n) is 17.3. The smallest absolute Gasteiger partial charge is 0.325 e. The number of nitrogens with two attached hydrogens (primary N) is 4. The number of aliphatic imine (C=N–C) groups is 2. The molecule has 1 aliphatic heterocycles. The maximum atomic E-state index is 15.0. The number of rotatable bonds is 39. The molecule has 1 saturated heterocycles. The molecule has 548 valence electrons. The van der Waals surface area contributed by atoms with Crippen LogP contribution in [0, 0.1) is 0 Å². The first-order valence-electron chi connectivity index (χ1n) is 34.2. The Morgan fingerprint density at radius 2 is 0.903 bits per heavy atom. The fraction of sp³-hybridized carbons (Fsp3) is 0.378. The average Bonchev–Trinajstić information content (AvgIpc) is 1.82. The third kappa shape index (κ3) is 25.9. The van der Waals surface area contributed by atoms with Gasteiger partial charge in [0.1, 0.15) is 54.1 Å². The predicted molar refractivity (Wildman–Crippen MR) is 388 cm³/mol. The highest BCUT2D eigenvalue weighted by Crippen LogP contribution is 2.22. The molecule has 7 rings (SSSR count). The molecule has 29 heteroatoms. The number of phenolic OH excluding ortho intramolecular Hbond substituents is 1. The minimum Gasteiger partial charge on any atom is -0.508 e. The number of aliphatic hydroxyl groups is 1. The fourth-order valence-corrected chi connectivity index (χ4v) is 11.9. The van der Waals surface area contributed by atoms with Gasteiger partial charge in [0.15, 0.2) is 11.9 Å². The van der Waals surface area contributed by atoms with Gasteiger partial charge >= 0.3 is 5.97 Å². The third-order valence-corrected chi connectivity index (χ3v) is 17.3. The Hall–Kier alpha value is -11.5. The zero-order valence-electron chi connectivity index (χ0n) is 57.7. The van der Waals surface area contributed by atoms with Gasteiger partial charge in [0.05, 0.1) is 12.6 Å². The summed E-state index contributed by atoms with van der Waals surface area (Å²) < 4.78 is 0. The molecule has 0 aromatic heterocycles. The van der Waals surface area contributed by atoms with Crippen LogP contribution < -0.4 is 70.8 Å². The van der Waals surface area contributed by atoms with E-state index in [4.69, 9.17) is 22.9 Å². The number of benzene rings is 6. The normalized spacial score (nSPS) is 15.1. The summed E-state index contributed by atoms with van der Waals surface area (Å²) in [5.41, 5.74) is 25.7. The highest BCUT2D eigenvalue weighted by molar-refractivity contribution is 5.98. The predicted octanol–water partition coefficient (Wildman–Crippen LogP) is 0.110. The van der Waals surface area contributed by atoms with E-state index < -0.39 is 126 Å². The molecule has 0 bridgehead atoms. The molecule has 29 nitrogen and oxygen atoms in total. The summed E-state index contributed by atoms with van der Waals surface area (Å²) in [6.45, 7) is 1.88. The van der Waals surface area contributed by atoms with Gasteiger partial charge in [-0.15, -0.1) is 0 Å². The first-order valence-corrected chi connectivity index (χ1v) is 34.2. The lowest BCUT2D eigenvalue weighted by Gasteiger charge is -2.31. The Kier molecular flexibility index (Phi) is 30.7. The van der Waals surface area contributed by atoms with Gasteiger partial charge in [-0.1, -0.05) is 146 Å². The van der Waals surface area contributed by atoms with Crippen molar-refractivity contribution in [2.75, 3.05) is 32.8 Å². The number of nitrogens with zero attached hydrogens (tertiary/aromatic N) is 3. The summed E-state index contributed by atoms with van der Waals surface area (Å²) in [5.74, 6) is -8.46. The number of nitrogens with one attached hydrogen (secondary N) is 9. The number of hydrogen-bond donors (Lipinski definition) is 16. The van der Waals surface area contributed by atoms with E-state index in [1.165, 1.54) is 43.0 Å². The second-order valence-corrected chi connectivity index (χ2v) is 25.4. The Morgan fingerprint density at radius 1 is 0.485 bits per heavy atom. The Balaban J connectivity index is 1.13. The lowest BCUT2D eigenvalue weighted by Crippen LogP contribution is -2.61. The van der Waals surface area contributed by atoms with Crippen LogP contribution in [-0.2, 0) is 80.0 Å². The molecular formula is C74H94N16O13. The van der Waals surface area contributed by atoms with Gasteiger partial charge in [0.25, 0.3) is 0 Å². The molecule has 6 aromatic rings. The molecule has 0 radical (unpaired) electrons. The number of fused-ring (bicyclic) bond motifs is 1. The Labute approximate surface area is 597 Å². The lowest BCUT2D eigenvalue weighted by atomic mass is 9.99. The number of guanidine groups is 2. The van der Waals surface area contributed by atoms with E-state index in [0.29, 0.717) is 29.5 Å². The molecule has 0 saturated carbocycles. The van der Waals surface area contributed by atoms with Crippen molar-refractivity contribution in [1.82, 2.24) is 52.8 Å². The maximum absolute atomic E-state index is 15.0. The minimum atomic E-state index is -1.78. The lowest BCUT2D eigenvalue weighted by molar-refractivity contribution is -0.144. The number of carboxylic acids is 1. The average molecular weight is 1420 g/mol. The van der Waals surface area contributed by atoms with Crippen molar-refractivity contribution in [1.29, 1.82) is 0 Å². The number of aliphatic hydroxyl groups excluding tert-OH is 1. The van der Waals surface area contributed by atoms with Crippen molar-refractivity contribution in [3.05, 3.63) is 186 Å². The van der Waals surface area contributed by atoms with Gasteiger partial charge in [-0.05, 0) is 103 Å². The van der Waals surface area contributed by atoms with Gasteiger partial charge in [0.2, 0.25) is 53.2 Å². The molecule has 6 aromatic carbocycles. The fourth-order valence-electron chi connectivity index (χ4n) is 11.9. The maximum Gasteiger partial charge on any atom is 0.325 e. The van der Waals surface area contributed by atoms with Crippen molar-refractivity contribution in [3.8, 4) is 5.75 Å². The van der Waals surface area contributed by atoms with E-state index in [1.807, 2.05) is 60.7 Å². The van der Waals surface area contributed by atoms with E-state index >= 15 is 0 Å². The van der Waals surface area contributed by atoms with E-state index in [9.17, 15) is 63.3 Å². The van der Waals surface area contributed by atoms with Gasteiger partial charge in [-0.3, -0.25) is 57.9 Å². The summed E-state index contributed by atoms with van der Waals surface area (Å²) in [6.07, 6.45) is 1.03. The number of aliphatic carboxylic acids is 1. The topological polar surface area (TPSA) is 472 Å². The number of likely N-dealkylation sites (tertiary alicyclic amines) is 1. The number of hydrogen-bond acceptors (Lipinski definition) is 15. The molecule has 103 heavy (non-hydrogen) atoms. The van der Waals surface area contributed by atoms with Crippen LogP contribution in [0.2, 0.25) is 0 Å². The van der Waals surface area contributed by atoms with Gasteiger partial charge in [-0.25, -0.2) is 0 Å². The molecule has 10 atom stereocenters. The largest absolute Gasteiger partial charge is 0.508 e. The van der Waals surface area contributed by atoms with Crippen LogP contribution in [0.3, 0.4) is 0 Å². The highest BCUT2D eigenvalue weighted by Gasteiger charge is 2.39. The van der Waals surface area contributed by atoms with E-state index in [-0.39, 0.29) is 102 Å². The standard InChI is InChI=1S/C74H94N16O13/c1-45(72(102)103)82-70(100)63-27-16-36-90(63)71(101)57(26-15-35-80-74(77)78)81-43-54(38-47-17-6-3-7-18-47)84-64(94)56(25-14-34-79-73(75)76)85-66(96)61(41-50-29-32-55(93)33-30-50)88-69(99)62(44-91)89-68(98)60(40-49-21-10-5-11-22-49)87-67(97)59(39-48-19-8-4-9-20-48)86-65(95)58(83-46(2)92)42-51-28-31-52-23-12-13-24-53(52)37-51/h3-13,17-24,28-33,37,45,54,56-63,81,91,93H,14-16,25-27,34-36,38-44H2,1-2H3,(H,82,100)(H,83,92)(H,84,94)(H,85,96)(H,86,95)(H,87,97)(H,88,99)(H,89,98)(H,102,103)(H4,75,76,79)(H4,77,78,80)/t45-,54-,56-,57-,58-,59-,60-,61-,62-,63+/m0/s1. The monoisotopic (exact) mass is 1410 g/mol. The number of amides is 9. The highest BCUT2D eigenvalue weighted by atomic mass is 16.4. The number of carbonyl (C=O) groups is 10. The quantitative estimate of drug-likeness (QED) is 0.0138. The molecule has 1 aliphatic rings. The first-order chi connectivity index (χ1) is 49.4. The minimum absolute atomic E-state index is 0.0246. The Morgan fingerprint density at radius 3 is 1.40 bits per heavy atom. The van der Waals surface area contributed by atoms with Crippen LogP contribution in [0.4, 0.5) is 0 Å². The van der Waals surface area contributed by atoms with Crippen LogP contribution in [-0.4, -0.2) is 184 Å². The second kappa shape index (κ2) is 40.1. The van der Waals surface area contributed by atoms with Gasteiger partial charge in [0, 0.05) is 64.8 Å². The second-order valence-electron chi connectivity index (χ2n) is 25.4. The van der Waals surface area contributed by atoms with Crippen molar-refractivity contribution >= 4 is 81.8 Å². The zero-order chi connectivity index (χ0) is 74.4. The zero-order valence-corrected chi connectivity index (χ0v) is 57.7. The van der Waals surface area contributed by atoms with Crippen molar-refractivity contribution in [2.24, 2.45) is 32.9 Å². The van der Waals surface area contributed by atoms with E-state index in [2.05, 4.69) is 57.8 Å². The van der Waals surface area contributed by atoms with Crippen LogP contribution in [0.25, 0.3) is 10.8 Å². The van der Waals surface area contributed by atoms with Gasteiger partial charge < -0.3 is 91.0 Å². The van der Waals surface area contributed by atoms with Crippen molar-refractivity contribution in [3.63, 3.8) is 0 Å². The molecule has 0 aliphatic carbocycles. The summed E-state index contributed by atoms with van der Waals surface area (Å²) in [7, 11) is 0. The summed E-state index contributed by atoms with van der Waals surface area (Å²) in [6, 6.07) is 32.9. The molecule has 1 heterocycles. The van der Waals surface area contributed by atoms with Crippen LogP contribution in [0.15, 0.2) is 168 Å². The van der Waals surface area contributed by atoms with Crippen molar-refractivity contribution < 1.29 is 63.3 Å². The van der Waals surface area contributed by atoms with E-state index in [1.54, 1.807) is 72.8 Å². The first kappa shape index (κ1) is 78.9. The Bertz CT molecular complexity index is 3900. The summed E-state index contributed by atoms with van der Waals surface area (Å²) in [4.78, 5) is 150. The van der Waals surface area contributed by atoms with Crippen molar-refractivity contribution in [2.45, 2.75) is 145 Å². The summed E-state index contributed by atoms with van der Waals surface area (Å²) >= 11 is 0. The molecule has 20 N–H and O–H groups in total.